The van der Waals surface area contributed by atoms with Crippen molar-refractivity contribution >= 4 is 11.5 Å². The maximum absolute atomic E-state index is 13.7. The Hall–Kier alpha value is -2.37. The van der Waals surface area contributed by atoms with Gasteiger partial charge < -0.3 is 19.3 Å². The van der Waals surface area contributed by atoms with Crippen molar-refractivity contribution in [2.75, 3.05) is 0 Å². The summed E-state index contributed by atoms with van der Waals surface area (Å²) >= 11 is 0. The number of carbonyl (C=O) groups excluding carboxylic acids is 1. The third kappa shape index (κ3) is 6.60. The van der Waals surface area contributed by atoms with Crippen LogP contribution < -0.4 is 0 Å². The van der Waals surface area contributed by atoms with Gasteiger partial charge in [0, 0.05) is 19.3 Å². The van der Waals surface area contributed by atoms with E-state index in [-0.39, 0.29) is 30.0 Å². The lowest BCUT2D eigenvalue weighted by Crippen LogP contribution is -2.54. The van der Waals surface area contributed by atoms with Crippen LogP contribution in [-0.4, -0.2) is 35.2 Å². The van der Waals surface area contributed by atoms with Gasteiger partial charge in [0.05, 0.1) is 17.8 Å². The van der Waals surface area contributed by atoms with Crippen LogP contribution in [0.25, 0.3) is 5.57 Å². The molecule has 0 amide bonds. The Bertz CT molecular complexity index is 1100. The molecule has 1 aromatic carbocycles. The van der Waals surface area contributed by atoms with E-state index in [1.54, 1.807) is 12.1 Å². The summed E-state index contributed by atoms with van der Waals surface area (Å²) in [6.07, 6.45) is 14.7. The first-order valence-corrected chi connectivity index (χ1v) is 14.6. The van der Waals surface area contributed by atoms with Gasteiger partial charge in [-0.15, -0.1) is 0 Å². The van der Waals surface area contributed by atoms with E-state index in [9.17, 15) is 9.90 Å². The van der Waals surface area contributed by atoms with Crippen LogP contribution >= 0.6 is 0 Å². The zero-order valence-electron chi connectivity index (χ0n) is 24.1. The smallest absolute Gasteiger partial charge is 0.339 e. The number of rotatable bonds is 2. The Labute approximate surface area is 228 Å². The number of aryl methyl sites for hydroxylation is 1. The van der Waals surface area contributed by atoms with Crippen molar-refractivity contribution in [3.05, 3.63) is 58.7 Å². The lowest BCUT2D eigenvalue weighted by atomic mass is 9.85. The van der Waals surface area contributed by atoms with Gasteiger partial charge in [-0.3, -0.25) is 0 Å². The summed E-state index contributed by atoms with van der Waals surface area (Å²) < 4.78 is 19.6. The fourth-order valence-electron chi connectivity index (χ4n) is 6.26. The number of ether oxygens (including phenoxy) is 3. The molecule has 38 heavy (non-hydrogen) atoms. The van der Waals surface area contributed by atoms with E-state index >= 15 is 0 Å². The van der Waals surface area contributed by atoms with Crippen LogP contribution in [0.1, 0.15) is 108 Å². The molecule has 3 aliphatic rings. The highest BCUT2D eigenvalue weighted by Crippen LogP contribution is 2.43. The van der Waals surface area contributed by atoms with Crippen LogP contribution in [0.5, 0.6) is 5.75 Å². The normalized spacial score (nSPS) is 32.8. The van der Waals surface area contributed by atoms with Gasteiger partial charge >= 0.3 is 5.97 Å². The summed E-state index contributed by atoms with van der Waals surface area (Å²) in [5.74, 6) is 0.00485. The second-order valence-electron chi connectivity index (χ2n) is 11.8. The number of aromatic hydroxyl groups is 1. The molecule has 1 spiro atoms. The molecule has 3 heterocycles. The van der Waals surface area contributed by atoms with Crippen molar-refractivity contribution in [3.63, 3.8) is 0 Å². The number of fused-ring (bicyclic) bond motifs is 3. The summed E-state index contributed by atoms with van der Waals surface area (Å²) in [6, 6.07) is 3.50. The van der Waals surface area contributed by atoms with Gasteiger partial charge in [-0.1, -0.05) is 57.6 Å². The Kier molecular flexibility index (Phi) is 9.20. The molecule has 1 aromatic rings. The third-order valence-corrected chi connectivity index (χ3v) is 8.51. The first kappa shape index (κ1) is 28.6. The first-order chi connectivity index (χ1) is 18.1. The third-order valence-electron chi connectivity index (χ3n) is 8.51. The molecule has 5 nitrogen and oxygen atoms in total. The van der Waals surface area contributed by atoms with Crippen molar-refractivity contribution in [1.29, 1.82) is 0 Å². The van der Waals surface area contributed by atoms with Crippen LogP contribution in [0, 0.1) is 11.8 Å². The standard InChI is InChI=1S/C33H46O5/c1-7-25-17-29-28(19-30(25)34)23(5)11-9-10-21(3)16-22(4)12-13-26-18-27(36-32(29)35)20-33(37-26)15-14-24(6)31(8-2)38-33/h9-12,17,19,21,24,26-27,31,34H,7-8,13-16,18,20H2,1-6H3/t21-,24-,26+,27-,31+,33+/m0/s1. The van der Waals surface area contributed by atoms with Gasteiger partial charge in [0.15, 0.2) is 5.79 Å². The Morgan fingerprint density at radius 2 is 1.87 bits per heavy atom. The minimum absolute atomic E-state index is 0.0757. The molecule has 4 rings (SSSR count). The quantitative estimate of drug-likeness (QED) is 0.316. The van der Waals surface area contributed by atoms with Crippen molar-refractivity contribution in [2.24, 2.45) is 11.8 Å². The Morgan fingerprint density at radius 1 is 1.08 bits per heavy atom. The molecular weight excluding hydrogens is 476 g/mol. The first-order valence-electron chi connectivity index (χ1n) is 14.6. The SMILES string of the molecule is CCc1cc2c(cc1O)C(C)=CC=C[C@H](C)CC(C)=CC[C@@H]1C[C@@H](C[C@]3(CC[C@H](C)[C@@H](CC)O3)O1)OC2=O. The van der Waals surface area contributed by atoms with Crippen LogP contribution in [0.3, 0.4) is 0 Å². The Morgan fingerprint density at radius 3 is 2.61 bits per heavy atom. The topological polar surface area (TPSA) is 65.0 Å². The van der Waals surface area contributed by atoms with Gasteiger partial charge in [-0.05, 0) is 86.6 Å². The summed E-state index contributed by atoms with van der Waals surface area (Å²) in [5.41, 5.74) is 4.19. The molecule has 0 aliphatic carbocycles. The van der Waals surface area contributed by atoms with Crippen LogP contribution in [-0.2, 0) is 20.6 Å². The minimum atomic E-state index is -0.716. The zero-order chi connectivity index (χ0) is 27.4. The van der Waals surface area contributed by atoms with E-state index in [0.29, 0.717) is 42.2 Å². The number of hydrogen-bond acceptors (Lipinski definition) is 5. The second kappa shape index (κ2) is 12.2. The minimum Gasteiger partial charge on any atom is -0.508 e. The molecule has 0 saturated carbocycles. The fraction of sp³-hybridized carbons (Fsp3) is 0.606. The van der Waals surface area contributed by atoms with Gasteiger partial charge in [0.25, 0.3) is 0 Å². The van der Waals surface area contributed by atoms with E-state index in [0.717, 1.165) is 43.2 Å². The van der Waals surface area contributed by atoms with Gasteiger partial charge in [0.2, 0.25) is 0 Å². The van der Waals surface area contributed by atoms with Crippen LogP contribution in [0.4, 0.5) is 0 Å². The second-order valence-corrected chi connectivity index (χ2v) is 11.8. The molecule has 2 saturated heterocycles. The number of benzene rings is 1. The highest BCUT2D eigenvalue weighted by atomic mass is 16.7. The molecule has 2 bridgehead atoms. The predicted octanol–water partition coefficient (Wildman–Crippen LogP) is 7.92. The molecule has 0 unspecified atom stereocenters. The summed E-state index contributed by atoms with van der Waals surface area (Å²) in [6.45, 7) is 12.8. The lowest BCUT2D eigenvalue weighted by Gasteiger charge is -2.49. The average Bonchev–Trinajstić information content (AvgIpc) is 2.88. The molecule has 0 radical (unpaired) electrons. The van der Waals surface area contributed by atoms with Crippen molar-refractivity contribution < 1.29 is 24.1 Å². The van der Waals surface area contributed by atoms with E-state index in [1.165, 1.54) is 5.57 Å². The van der Waals surface area contributed by atoms with E-state index in [1.807, 2.05) is 26.0 Å². The maximum atomic E-state index is 13.7. The summed E-state index contributed by atoms with van der Waals surface area (Å²) in [5, 5.41) is 10.6. The summed E-state index contributed by atoms with van der Waals surface area (Å²) in [4.78, 5) is 13.7. The van der Waals surface area contributed by atoms with Crippen LogP contribution in [0.2, 0.25) is 0 Å². The molecule has 1 N–H and O–H groups in total. The molecular formula is C33H46O5. The number of carbonyl (C=O) groups is 1. The van der Waals surface area contributed by atoms with Gasteiger partial charge in [0.1, 0.15) is 11.9 Å². The van der Waals surface area contributed by atoms with Crippen LogP contribution in [0.15, 0.2) is 42.0 Å². The molecule has 208 valence electrons. The largest absolute Gasteiger partial charge is 0.508 e. The maximum Gasteiger partial charge on any atom is 0.339 e. The highest BCUT2D eigenvalue weighted by Gasteiger charge is 2.48. The van der Waals surface area contributed by atoms with E-state index < -0.39 is 5.79 Å². The number of allylic oxidation sites excluding steroid dienone is 5. The number of hydrogen-bond donors (Lipinski definition) is 1. The number of esters is 1. The molecule has 2 fully saturated rings. The Balaban J connectivity index is 1.73. The van der Waals surface area contributed by atoms with E-state index in [4.69, 9.17) is 14.2 Å². The number of phenols is 1. The zero-order valence-corrected chi connectivity index (χ0v) is 24.1. The molecule has 3 aliphatic heterocycles. The van der Waals surface area contributed by atoms with Gasteiger partial charge in [-0.2, -0.15) is 0 Å². The van der Waals surface area contributed by atoms with Gasteiger partial charge in [-0.25, -0.2) is 4.79 Å². The van der Waals surface area contributed by atoms with Crippen molar-refractivity contribution in [2.45, 2.75) is 117 Å². The molecule has 6 atom stereocenters. The fourth-order valence-corrected chi connectivity index (χ4v) is 6.26. The summed E-state index contributed by atoms with van der Waals surface area (Å²) in [7, 11) is 0. The lowest BCUT2D eigenvalue weighted by molar-refractivity contribution is -0.334. The average molecular weight is 523 g/mol. The highest BCUT2D eigenvalue weighted by molar-refractivity contribution is 5.96. The molecule has 0 aromatic heterocycles. The van der Waals surface area contributed by atoms with Crippen molar-refractivity contribution in [3.8, 4) is 5.75 Å². The van der Waals surface area contributed by atoms with E-state index in [2.05, 4.69) is 39.8 Å². The molecule has 5 heteroatoms. The monoisotopic (exact) mass is 522 g/mol. The number of phenolic OH excluding ortho intramolecular Hbond substituents is 1. The predicted molar refractivity (Wildman–Crippen MR) is 152 cm³/mol. The van der Waals surface area contributed by atoms with Crippen molar-refractivity contribution in [1.82, 2.24) is 0 Å².